The molecule has 2 aromatic carbocycles. The molecule has 0 aliphatic carbocycles. The third-order valence-corrected chi connectivity index (χ3v) is 3.84. The zero-order valence-electron chi connectivity index (χ0n) is 14.9. The van der Waals surface area contributed by atoms with Gasteiger partial charge in [0.2, 0.25) is 0 Å². The van der Waals surface area contributed by atoms with Crippen molar-refractivity contribution in [2.45, 2.75) is 19.8 Å². The first-order chi connectivity index (χ1) is 13.2. The van der Waals surface area contributed by atoms with Crippen molar-refractivity contribution in [1.82, 2.24) is 15.3 Å². The molecule has 1 amide bonds. The summed E-state index contributed by atoms with van der Waals surface area (Å²) in [7, 11) is 0. The Morgan fingerprint density at radius 2 is 1.67 bits per heavy atom. The molecule has 0 radical (unpaired) electrons. The Morgan fingerprint density at radius 1 is 1.04 bits per heavy atom. The van der Waals surface area contributed by atoms with Gasteiger partial charge in [0.15, 0.2) is 0 Å². The molecule has 1 heterocycles. The van der Waals surface area contributed by atoms with Crippen LogP contribution in [0.15, 0.2) is 73.4 Å². The van der Waals surface area contributed by atoms with Crippen molar-refractivity contribution in [3.8, 4) is 0 Å². The number of ether oxygens (including phenoxy) is 1. The lowest BCUT2D eigenvalue weighted by atomic mass is 10.2. The topological polar surface area (TPSA) is 65.4 Å². The van der Waals surface area contributed by atoms with E-state index in [0.717, 1.165) is 16.7 Å². The zero-order valence-corrected chi connectivity index (χ0v) is 14.9. The second-order valence-electron chi connectivity index (χ2n) is 5.82. The molecule has 3 rings (SSSR count). The maximum Gasteiger partial charge on any atom is 0.407 e. The molecular weight excluding hydrogens is 342 g/mol. The van der Waals surface area contributed by atoms with Crippen molar-refractivity contribution in [3.05, 3.63) is 95.8 Å². The van der Waals surface area contributed by atoms with Gasteiger partial charge in [-0.05, 0) is 17.2 Å². The van der Waals surface area contributed by atoms with Crippen LogP contribution in [0.25, 0.3) is 6.08 Å². The fraction of sp³-hybridized carbons (Fsp3) is 0.143. The number of hydrogen-bond acceptors (Lipinski definition) is 4. The molecule has 0 saturated heterocycles. The maximum atomic E-state index is 11.9. The summed E-state index contributed by atoms with van der Waals surface area (Å²) in [6.07, 6.45) is 2.85. The molecule has 0 aliphatic heterocycles. The number of hydrogen-bond donors (Lipinski definition) is 1. The first kappa shape index (κ1) is 18.3. The SMILES string of the molecule is C=Cc1nn(OCc2ccccc2)cc1CNC(=O)OCc1ccccc1. The Bertz CT molecular complexity index is 876. The Labute approximate surface area is 158 Å². The van der Waals surface area contributed by atoms with Crippen LogP contribution in [0.5, 0.6) is 0 Å². The molecule has 0 atom stereocenters. The van der Waals surface area contributed by atoms with Crippen LogP contribution in [0.4, 0.5) is 4.79 Å². The lowest BCUT2D eigenvalue weighted by Gasteiger charge is -2.06. The second kappa shape index (κ2) is 9.24. The third kappa shape index (κ3) is 5.47. The van der Waals surface area contributed by atoms with E-state index in [2.05, 4.69) is 17.0 Å². The van der Waals surface area contributed by atoms with Gasteiger partial charge >= 0.3 is 6.09 Å². The highest BCUT2D eigenvalue weighted by Gasteiger charge is 2.10. The number of nitrogens with one attached hydrogen (secondary N) is 1. The van der Waals surface area contributed by atoms with Crippen molar-refractivity contribution in [2.24, 2.45) is 0 Å². The first-order valence-corrected chi connectivity index (χ1v) is 8.57. The minimum atomic E-state index is -0.494. The normalized spacial score (nSPS) is 10.2. The number of amides is 1. The minimum Gasteiger partial charge on any atom is -0.445 e. The van der Waals surface area contributed by atoms with E-state index >= 15 is 0 Å². The van der Waals surface area contributed by atoms with Gasteiger partial charge in [-0.2, -0.15) is 0 Å². The highest BCUT2D eigenvalue weighted by Crippen LogP contribution is 2.09. The summed E-state index contributed by atoms with van der Waals surface area (Å²) in [6.45, 7) is 4.64. The van der Waals surface area contributed by atoms with Crippen molar-refractivity contribution in [3.63, 3.8) is 0 Å². The number of carbonyl (C=O) groups is 1. The highest BCUT2D eigenvalue weighted by atomic mass is 16.7. The van der Waals surface area contributed by atoms with E-state index in [4.69, 9.17) is 9.57 Å². The van der Waals surface area contributed by atoms with Crippen LogP contribution in [0.2, 0.25) is 0 Å². The number of rotatable bonds is 8. The van der Waals surface area contributed by atoms with Crippen molar-refractivity contribution in [2.75, 3.05) is 0 Å². The fourth-order valence-corrected chi connectivity index (χ4v) is 2.43. The molecule has 0 saturated carbocycles. The maximum absolute atomic E-state index is 11.9. The molecule has 0 spiro atoms. The summed E-state index contributed by atoms with van der Waals surface area (Å²) < 4.78 is 5.20. The quantitative estimate of drug-likeness (QED) is 0.664. The Balaban J connectivity index is 1.51. The molecule has 0 unspecified atom stereocenters. The van der Waals surface area contributed by atoms with Crippen molar-refractivity contribution < 1.29 is 14.4 Å². The van der Waals surface area contributed by atoms with Gasteiger partial charge in [-0.25, -0.2) is 4.79 Å². The van der Waals surface area contributed by atoms with Gasteiger partial charge in [-0.15, -0.1) is 9.94 Å². The van der Waals surface area contributed by atoms with Crippen LogP contribution < -0.4 is 10.2 Å². The van der Waals surface area contributed by atoms with Gasteiger partial charge in [0, 0.05) is 12.1 Å². The summed E-state index contributed by atoms with van der Waals surface area (Å²) in [6, 6.07) is 19.3. The van der Waals surface area contributed by atoms with Crippen LogP contribution in [0.1, 0.15) is 22.4 Å². The predicted molar refractivity (Wildman–Crippen MR) is 103 cm³/mol. The van der Waals surface area contributed by atoms with Crippen LogP contribution >= 0.6 is 0 Å². The summed E-state index contributed by atoms with van der Waals surface area (Å²) in [5.41, 5.74) is 3.40. The van der Waals surface area contributed by atoms with Crippen molar-refractivity contribution in [1.29, 1.82) is 0 Å². The third-order valence-electron chi connectivity index (χ3n) is 3.84. The molecule has 138 valence electrons. The van der Waals surface area contributed by atoms with E-state index in [0.29, 0.717) is 12.3 Å². The molecule has 0 fully saturated rings. The Kier molecular flexibility index (Phi) is 6.25. The molecule has 27 heavy (non-hydrogen) atoms. The monoisotopic (exact) mass is 363 g/mol. The van der Waals surface area contributed by atoms with E-state index in [1.165, 1.54) is 4.85 Å². The fourth-order valence-electron chi connectivity index (χ4n) is 2.43. The summed E-state index contributed by atoms with van der Waals surface area (Å²) in [4.78, 5) is 18.9. The van der Waals surface area contributed by atoms with E-state index in [9.17, 15) is 4.79 Å². The largest absolute Gasteiger partial charge is 0.445 e. The van der Waals surface area contributed by atoms with E-state index in [-0.39, 0.29) is 13.2 Å². The summed E-state index contributed by atoms with van der Waals surface area (Å²) >= 11 is 0. The van der Waals surface area contributed by atoms with E-state index in [1.54, 1.807) is 12.3 Å². The average molecular weight is 363 g/mol. The number of benzene rings is 2. The van der Waals surface area contributed by atoms with Crippen LogP contribution in [-0.4, -0.2) is 16.0 Å². The number of nitrogens with zero attached hydrogens (tertiary/aromatic N) is 2. The van der Waals surface area contributed by atoms with Gasteiger partial charge < -0.3 is 14.9 Å². The summed E-state index contributed by atoms with van der Waals surface area (Å²) in [5.74, 6) is 0. The lowest BCUT2D eigenvalue weighted by molar-refractivity contribution is 0.0697. The van der Waals surface area contributed by atoms with Crippen LogP contribution in [0, 0.1) is 0 Å². The number of aromatic nitrogens is 2. The molecular formula is C21H21N3O3. The molecule has 1 aromatic heterocycles. The first-order valence-electron chi connectivity index (χ1n) is 8.57. The Hall–Kier alpha value is -3.54. The number of carbonyl (C=O) groups excluding carboxylic acids is 1. The average Bonchev–Trinajstić information content (AvgIpc) is 3.13. The lowest BCUT2D eigenvalue weighted by Crippen LogP contribution is -2.23. The Morgan fingerprint density at radius 3 is 2.30 bits per heavy atom. The second-order valence-corrected chi connectivity index (χ2v) is 5.82. The molecule has 3 aromatic rings. The smallest absolute Gasteiger partial charge is 0.407 e. The standard InChI is InChI=1S/C21H21N3O3/c1-2-20-19(13-22-21(25)26-15-17-9-5-3-6-10-17)14-24(23-20)27-16-18-11-7-4-8-12-18/h2-12,14H,1,13,15-16H2,(H,22,25). The van der Waals surface area contributed by atoms with Gasteiger partial charge in [-0.1, -0.05) is 67.2 Å². The van der Waals surface area contributed by atoms with E-state index in [1.807, 2.05) is 60.7 Å². The minimum absolute atomic E-state index is 0.223. The van der Waals surface area contributed by atoms with Crippen LogP contribution in [0.3, 0.4) is 0 Å². The van der Waals surface area contributed by atoms with Gasteiger partial charge in [0.25, 0.3) is 0 Å². The number of alkyl carbamates (subject to hydrolysis) is 1. The molecule has 1 N–H and O–H groups in total. The van der Waals surface area contributed by atoms with Crippen LogP contribution in [-0.2, 0) is 24.5 Å². The summed E-state index contributed by atoms with van der Waals surface area (Å²) in [5, 5.41) is 7.01. The van der Waals surface area contributed by atoms with Crippen molar-refractivity contribution >= 4 is 12.2 Å². The van der Waals surface area contributed by atoms with Gasteiger partial charge in [0.1, 0.15) is 13.2 Å². The highest BCUT2D eigenvalue weighted by molar-refractivity contribution is 5.67. The molecule has 6 heteroatoms. The predicted octanol–water partition coefficient (Wildman–Crippen LogP) is 3.58. The van der Waals surface area contributed by atoms with E-state index < -0.39 is 6.09 Å². The molecule has 0 bridgehead atoms. The zero-order chi connectivity index (χ0) is 18.9. The molecule has 6 nitrogen and oxygen atoms in total. The van der Waals surface area contributed by atoms with Gasteiger partial charge in [0.05, 0.1) is 11.9 Å². The van der Waals surface area contributed by atoms with Gasteiger partial charge in [-0.3, -0.25) is 0 Å². The molecule has 0 aliphatic rings.